The number of para-hydroxylation sites is 2. The molecule has 1 aromatic carbocycles. The van der Waals surface area contributed by atoms with Gasteiger partial charge in [0.1, 0.15) is 5.60 Å². The molecule has 46 heavy (non-hydrogen) atoms. The first kappa shape index (κ1) is 31.5. The van der Waals surface area contributed by atoms with E-state index in [-0.39, 0.29) is 24.0 Å². The molecule has 2 aliphatic carbocycles. The molecule has 4 heterocycles. The summed E-state index contributed by atoms with van der Waals surface area (Å²) in [4.78, 5) is 50.5. The maximum atomic E-state index is 14.5. The molecule has 1 N–H and O–H groups in total. The van der Waals surface area contributed by atoms with Gasteiger partial charge in [-0.15, -0.1) is 0 Å². The first-order valence-electron chi connectivity index (χ1n) is 17.7. The molecule has 7 rings (SSSR count). The zero-order valence-electron chi connectivity index (χ0n) is 27.9. The minimum absolute atomic E-state index is 0.0290. The molecule has 0 spiro atoms. The zero-order chi connectivity index (χ0) is 32.3. The molecule has 5 fully saturated rings. The van der Waals surface area contributed by atoms with Gasteiger partial charge in [0, 0.05) is 37.8 Å². The number of anilines is 1. The number of aromatic nitrogens is 2. The van der Waals surface area contributed by atoms with Crippen LogP contribution in [0.25, 0.3) is 11.0 Å². The number of benzene rings is 1. The molecule has 4 bridgehead atoms. The summed E-state index contributed by atoms with van der Waals surface area (Å²) >= 11 is 0. The van der Waals surface area contributed by atoms with Gasteiger partial charge in [0.05, 0.1) is 17.1 Å². The summed E-state index contributed by atoms with van der Waals surface area (Å²) in [5.41, 5.74) is 0.563. The van der Waals surface area contributed by atoms with E-state index in [1.165, 1.54) is 69.1 Å². The summed E-state index contributed by atoms with van der Waals surface area (Å²) in [7, 11) is 1.56. The predicted octanol–water partition coefficient (Wildman–Crippen LogP) is 5.82. The minimum Gasteiger partial charge on any atom is -0.480 e. The Balaban J connectivity index is 1.18. The summed E-state index contributed by atoms with van der Waals surface area (Å²) in [6.07, 6.45) is 14.5. The van der Waals surface area contributed by atoms with Crippen molar-refractivity contribution in [2.75, 3.05) is 18.5 Å². The maximum Gasteiger partial charge on any atom is 0.410 e. The third kappa shape index (κ3) is 5.79. The Labute approximate surface area is 272 Å². The summed E-state index contributed by atoms with van der Waals surface area (Å²) in [6, 6.07) is 7.64. The Morgan fingerprint density at radius 2 is 1.54 bits per heavy atom. The van der Waals surface area contributed by atoms with Crippen LogP contribution in [0.5, 0.6) is 0 Å². The molecule has 0 radical (unpaired) electrons. The van der Waals surface area contributed by atoms with Crippen LogP contribution in [0.1, 0.15) is 104 Å². The van der Waals surface area contributed by atoms with Crippen LogP contribution in [0.4, 0.5) is 10.6 Å². The van der Waals surface area contributed by atoms with Crippen molar-refractivity contribution in [2.45, 2.75) is 140 Å². The van der Waals surface area contributed by atoms with Gasteiger partial charge in [0.15, 0.2) is 11.9 Å². The maximum absolute atomic E-state index is 14.5. The van der Waals surface area contributed by atoms with Gasteiger partial charge in [-0.1, -0.05) is 44.2 Å². The van der Waals surface area contributed by atoms with E-state index in [0.29, 0.717) is 23.6 Å². The third-order valence-corrected chi connectivity index (χ3v) is 11.7. The van der Waals surface area contributed by atoms with E-state index < -0.39 is 29.7 Å². The number of hydrogen-bond acceptors (Lipinski definition) is 7. The molecule has 5 aliphatic rings. The number of fused-ring (bicyclic) bond motifs is 5. The molecule has 2 aromatic rings. The fourth-order valence-electron chi connectivity index (χ4n) is 9.80. The number of amides is 1. The van der Waals surface area contributed by atoms with Crippen LogP contribution in [0, 0.1) is 11.8 Å². The lowest BCUT2D eigenvalue weighted by Gasteiger charge is -2.54. The molecule has 10 nitrogen and oxygen atoms in total. The summed E-state index contributed by atoms with van der Waals surface area (Å²) in [5, 5.41) is 10.3. The van der Waals surface area contributed by atoms with Gasteiger partial charge in [0.2, 0.25) is 0 Å². The average Bonchev–Trinajstić information content (AvgIpc) is 3.14. The molecule has 7 atom stereocenters. The molecule has 1 aromatic heterocycles. The molecule has 1 amide bonds. The van der Waals surface area contributed by atoms with Crippen LogP contribution < -0.4 is 10.5 Å². The number of rotatable bonds is 5. The van der Waals surface area contributed by atoms with E-state index >= 15 is 0 Å². The Hall–Kier alpha value is -3.14. The second-order valence-electron chi connectivity index (χ2n) is 15.9. The molecule has 10 heteroatoms. The van der Waals surface area contributed by atoms with Gasteiger partial charge in [-0.25, -0.2) is 14.6 Å². The fraction of sp³-hybridized carbons (Fsp3) is 0.722. The Bertz CT molecular complexity index is 1510. The Morgan fingerprint density at radius 3 is 2.17 bits per heavy atom. The van der Waals surface area contributed by atoms with Crippen molar-refractivity contribution < 1.29 is 19.4 Å². The minimum atomic E-state index is -1.09. The van der Waals surface area contributed by atoms with E-state index in [0.717, 1.165) is 30.2 Å². The van der Waals surface area contributed by atoms with Gasteiger partial charge in [-0.05, 0) is 89.7 Å². The lowest BCUT2D eigenvalue weighted by atomic mass is 9.73. The fourth-order valence-corrected chi connectivity index (χ4v) is 9.80. The normalized spacial score (nSPS) is 33.2. The smallest absolute Gasteiger partial charge is 0.410 e. The van der Waals surface area contributed by atoms with E-state index in [1.54, 1.807) is 32.7 Å². The van der Waals surface area contributed by atoms with Gasteiger partial charge in [-0.2, -0.15) is 0 Å². The first-order chi connectivity index (χ1) is 22.0. The Morgan fingerprint density at radius 1 is 0.891 bits per heavy atom. The third-order valence-electron chi connectivity index (χ3n) is 11.7. The zero-order valence-corrected chi connectivity index (χ0v) is 27.9. The van der Waals surface area contributed by atoms with Gasteiger partial charge in [-0.3, -0.25) is 9.69 Å². The van der Waals surface area contributed by atoms with Crippen LogP contribution in [-0.4, -0.2) is 85.9 Å². The molecule has 2 saturated carbocycles. The van der Waals surface area contributed by atoms with Gasteiger partial charge in [0.25, 0.3) is 5.56 Å². The van der Waals surface area contributed by atoms with Crippen molar-refractivity contribution >= 4 is 28.9 Å². The summed E-state index contributed by atoms with van der Waals surface area (Å²) in [6.45, 7) is 5.54. The lowest BCUT2D eigenvalue weighted by Crippen LogP contribution is -2.71. The van der Waals surface area contributed by atoms with Crippen molar-refractivity contribution in [2.24, 2.45) is 11.8 Å². The molecule has 3 saturated heterocycles. The lowest BCUT2D eigenvalue weighted by molar-refractivity contribution is -0.142. The number of ether oxygens (including phenoxy) is 1. The van der Waals surface area contributed by atoms with Crippen LogP contribution >= 0.6 is 0 Å². The van der Waals surface area contributed by atoms with Gasteiger partial charge < -0.3 is 24.2 Å². The molecular formula is C36H51N5O5. The van der Waals surface area contributed by atoms with Crippen LogP contribution in [0.15, 0.2) is 29.1 Å². The van der Waals surface area contributed by atoms with Crippen molar-refractivity contribution in [3.63, 3.8) is 0 Å². The number of carboxylic acid groups (broad SMARTS) is 1. The number of nitrogens with zero attached hydrogens (tertiary/aromatic N) is 5. The molecule has 250 valence electrons. The SMILES string of the molecule is CN(C(=O)OC(C)(C)C)[C@@H]1CN(c2nc3ccccc3n([C@H]3C[C@H]4CCC[C@@H](C3)N4C3CC4CCCCC(C4)C3)c2=O)[C@@H]1C(=O)O. The summed E-state index contributed by atoms with van der Waals surface area (Å²) < 4.78 is 7.46. The second-order valence-corrected chi connectivity index (χ2v) is 15.9. The number of aliphatic carboxylic acids is 1. The van der Waals surface area contributed by atoms with Crippen molar-refractivity contribution in [3.8, 4) is 0 Å². The molecule has 3 aliphatic heterocycles. The number of piperidine rings is 2. The van der Waals surface area contributed by atoms with Crippen LogP contribution in [0.2, 0.25) is 0 Å². The highest BCUT2D eigenvalue weighted by Crippen LogP contribution is 2.47. The van der Waals surface area contributed by atoms with Crippen LogP contribution in [0.3, 0.4) is 0 Å². The first-order valence-corrected chi connectivity index (χ1v) is 17.7. The highest BCUT2D eigenvalue weighted by molar-refractivity contribution is 5.84. The average molecular weight is 634 g/mol. The topological polar surface area (TPSA) is 108 Å². The largest absolute Gasteiger partial charge is 0.480 e. The number of hydrogen-bond donors (Lipinski definition) is 1. The van der Waals surface area contributed by atoms with Crippen molar-refractivity contribution in [1.29, 1.82) is 0 Å². The number of carbonyl (C=O) groups excluding carboxylic acids is 1. The quantitative estimate of drug-likeness (QED) is 0.439. The standard InChI is InChI=1S/C36H51N5O5/c1-36(2,3)46-35(45)38(4)30-21-39(31(30)34(43)44)32-33(42)41(29-15-8-7-14-28(29)37-32)27-19-24-12-9-13-25(20-27)40(24)26-17-22-10-5-6-11-23(16-22)18-26/h7-8,14-15,22-27,30-31H,5-6,9-13,16-21H2,1-4H3,(H,43,44)/t22?,23?,24-,25+,26?,27+,30-,31+/m1/s1. The molecule has 2 unspecified atom stereocenters. The van der Waals surface area contributed by atoms with Gasteiger partial charge >= 0.3 is 12.1 Å². The highest BCUT2D eigenvalue weighted by Gasteiger charge is 2.51. The second kappa shape index (κ2) is 12.1. The summed E-state index contributed by atoms with van der Waals surface area (Å²) in [5.74, 6) is 0.805. The van der Waals surface area contributed by atoms with E-state index in [1.807, 2.05) is 28.8 Å². The van der Waals surface area contributed by atoms with Crippen LogP contribution in [-0.2, 0) is 9.53 Å². The Kier molecular flexibility index (Phi) is 8.31. The van der Waals surface area contributed by atoms with E-state index in [2.05, 4.69) is 4.90 Å². The number of carboxylic acids is 1. The van der Waals surface area contributed by atoms with Crippen molar-refractivity contribution in [1.82, 2.24) is 19.4 Å². The number of carbonyl (C=O) groups is 2. The number of likely N-dealkylation sites (N-methyl/N-ethyl adjacent to an activating group) is 1. The predicted molar refractivity (Wildman–Crippen MR) is 177 cm³/mol. The highest BCUT2D eigenvalue weighted by atomic mass is 16.6. The van der Waals surface area contributed by atoms with E-state index in [9.17, 15) is 19.5 Å². The van der Waals surface area contributed by atoms with Crippen molar-refractivity contribution in [3.05, 3.63) is 34.6 Å². The molecular weight excluding hydrogens is 582 g/mol. The monoisotopic (exact) mass is 633 g/mol. The van der Waals surface area contributed by atoms with E-state index in [4.69, 9.17) is 9.72 Å².